The number of likely N-dealkylation sites (tertiary alicyclic amines) is 1. The van der Waals surface area contributed by atoms with Crippen LogP contribution in [0.5, 0.6) is 0 Å². The molecule has 0 spiro atoms. The molecular formula is C8H14ClNO2. The number of carbonyl (C=O) groups excluding carboxylic acids is 1. The fraction of sp³-hybridized carbons (Fsp3) is 0.875. The van der Waals surface area contributed by atoms with Gasteiger partial charge in [-0.3, -0.25) is 4.79 Å². The molecule has 4 heteroatoms. The molecule has 0 aromatic heterocycles. The van der Waals surface area contributed by atoms with Gasteiger partial charge in [0.2, 0.25) is 5.91 Å². The van der Waals surface area contributed by atoms with Crippen LogP contribution in [0.2, 0.25) is 0 Å². The predicted molar refractivity (Wildman–Crippen MR) is 47.1 cm³/mol. The Morgan fingerprint density at radius 3 is 3.00 bits per heavy atom. The highest BCUT2D eigenvalue weighted by molar-refractivity contribution is 6.27. The van der Waals surface area contributed by atoms with E-state index in [0.717, 1.165) is 19.4 Å². The lowest BCUT2D eigenvalue weighted by molar-refractivity contribution is -0.131. The molecule has 2 atom stereocenters. The third-order valence-electron chi connectivity index (χ3n) is 2.29. The summed E-state index contributed by atoms with van der Waals surface area (Å²) in [6, 6.07) is -0.0174. The summed E-state index contributed by atoms with van der Waals surface area (Å²) in [5, 5.41) is 9.33. The van der Waals surface area contributed by atoms with Crippen molar-refractivity contribution in [1.82, 2.24) is 4.90 Å². The average molecular weight is 192 g/mol. The summed E-state index contributed by atoms with van der Waals surface area (Å²) in [6.45, 7) is 2.45. The summed E-state index contributed by atoms with van der Waals surface area (Å²) in [4.78, 5) is 12.9. The van der Waals surface area contributed by atoms with E-state index in [2.05, 4.69) is 0 Å². The van der Waals surface area contributed by atoms with E-state index in [1.807, 2.05) is 0 Å². The summed E-state index contributed by atoms with van der Waals surface area (Å²) >= 11 is 5.43. The third-order valence-corrected chi connectivity index (χ3v) is 2.52. The van der Waals surface area contributed by atoms with Crippen LogP contribution in [0.3, 0.4) is 0 Å². The zero-order valence-corrected chi connectivity index (χ0v) is 7.92. The summed E-state index contributed by atoms with van der Waals surface area (Å²) in [6.07, 6.45) is 1.41. The molecule has 0 radical (unpaired) electrons. The number of aliphatic hydroxyl groups is 1. The van der Waals surface area contributed by atoms with Gasteiger partial charge in [-0.25, -0.2) is 0 Å². The van der Waals surface area contributed by atoms with Crippen molar-refractivity contribution >= 4 is 17.5 Å². The van der Waals surface area contributed by atoms with Crippen molar-refractivity contribution < 1.29 is 9.90 Å². The van der Waals surface area contributed by atoms with Crippen LogP contribution in [-0.4, -0.2) is 40.5 Å². The lowest BCUT2D eigenvalue weighted by atomic mass is 10.1. The molecule has 12 heavy (non-hydrogen) atoms. The molecule has 1 heterocycles. The topological polar surface area (TPSA) is 40.5 Å². The van der Waals surface area contributed by atoms with Gasteiger partial charge in [-0.05, 0) is 19.8 Å². The quantitative estimate of drug-likeness (QED) is 0.650. The molecule has 1 N–H and O–H groups in total. The van der Waals surface area contributed by atoms with Crippen molar-refractivity contribution in [2.45, 2.75) is 31.9 Å². The lowest BCUT2D eigenvalue weighted by Crippen LogP contribution is -2.42. The second-order valence-electron chi connectivity index (χ2n) is 3.17. The Morgan fingerprint density at radius 1 is 1.83 bits per heavy atom. The summed E-state index contributed by atoms with van der Waals surface area (Å²) in [5.74, 6) is -0.0523. The van der Waals surface area contributed by atoms with E-state index in [1.165, 1.54) is 0 Å². The Labute approximate surface area is 77.3 Å². The predicted octanol–water partition coefficient (Wildman–Crippen LogP) is 0.597. The zero-order valence-electron chi connectivity index (χ0n) is 7.16. The Morgan fingerprint density at radius 2 is 2.50 bits per heavy atom. The highest BCUT2D eigenvalue weighted by atomic mass is 35.5. The Balaban J connectivity index is 2.57. The Bertz CT molecular complexity index is 172. The zero-order chi connectivity index (χ0) is 9.14. The highest BCUT2D eigenvalue weighted by Crippen LogP contribution is 2.20. The number of halogens is 1. The minimum absolute atomic E-state index is 0.0171. The van der Waals surface area contributed by atoms with Gasteiger partial charge < -0.3 is 10.0 Å². The maximum atomic E-state index is 11.2. The molecule has 0 saturated carbocycles. The van der Waals surface area contributed by atoms with Crippen LogP contribution in [-0.2, 0) is 4.79 Å². The fourth-order valence-electron chi connectivity index (χ4n) is 1.68. The normalized spacial score (nSPS) is 25.9. The van der Waals surface area contributed by atoms with Gasteiger partial charge >= 0.3 is 0 Å². The molecule has 1 aliphatic rings. The van der Waals surface area contributed by atoms with Gasteiger partial charge in [0.1, 0.15) is 5.88 Å². The minimum atomic E-state index is -0.445. The maximum Gasteiger partial charge on any atom is 0.237 e. The molecule has 1 rings (SSSR count). The van der Waals surface area contributed by atoms with E-state index in [-0.39, 0.29) is 17.8 Å². The highest BCUT2D eigenvalue weighted by Gasteiger charge is 2.30. The SMILES string of the molecule is C[C@H](O)[C@H]1CCCN1C(=O)CCl. The van der Waals surface area contributed by atoms with Crippen molar-refractivity contribution in [3.8, 4) is 0 Å². The smallest absolute Gasteiger partial charge is 0.237 e. The minimum Gasteiger partial charge on any atom is -0.391 e. The van der Waals surface area contributed by atoms with Gasteiger partial charge in [-0.1, -0.05) is 0 Å². The van der Waals surface area contributed by atoms with Gasteiger partial charge in [-0.15, -0.1) is 11.6 Å². The van der Waals surface area contributed by atoms with Gasteiger partial charge in [0.05, 0.1) is 12.1 Å². The van der Waals surface area contributed by atoms with Gasteiger partial charge in [0, 0.05) is 6.54 Å². The van der Waals surface area contributed by atoms with Crippen LogP contribution in [0.4, 0.5) is 0 Å². The van der Waals surface area contributed by atoms with Crippen molar-refractivity contribution in [3.05, 3.63) is 0 Å². The molecule has 1 amide bonds. The van der Waals surface area contributed by atoms with Crippen molar-refractivity contribution in [2.24, 2.45) is 0 Å². The fourth-order valence-corrected chi connectivity index (χ4v) is 1.83. The number of amides is 1. The first-order valence-electron chi connectivity index (χ1n) is 4.20. The molecule has 70 valence electrons. The van der Waals surface area contributed by atoms with Crippen LogP contribution in [0.15, 0.2) is 0 Å². The standard InChI is InChI=1S/C8H14ClNO2/c1-6(11)7-3-2-4-10(7)8(12)5-9/h6-7,11H,2-5H2,1H3/t6-,7+/m0/s1. The molecule has 3 nitrogen and oxygen atoms in total. The molecule has 1 saturated heterocycles. The number of carbonyl (C=O) groups is 1. The second kappa shape index (κ2) is 4.10. The van der Waals surface area contributed by atoms with E-state index >= 15 is 0 Å². The van der Waals surface area contributed by atoms with E-state index in [1.54, 1.807) is 11.8 Å². The van der Waals surface area contributed by atoms with E-state index in [4.69, 9.17) is 11.6 Å². The first-order valence-corrected chi connectivity index (χ1v) is 4.73. The number of aliphatic hydroxyl groups excluding tert-OH is 1. The summed E-state index contributed by atoms with van der Waals surface area (Å²) in [7, 11) is 0. The van der Waals surface area contributed by atoms with E-state index in [9.17, 15) is 9.90 Å². The van der Waals surface area contributed by atoms with Crippen molar-refractivity contribution in [1.29, 1.82) is 0 Å². The number of alkyl halides is 1. The van der Waals surface area contributed by atoms with E-state index < -0.39 is 6.10 Å². The van der Waals surface area contributed by atoms with Crippen LogP contribution in [0.1, 0.15) is 19.8 Å². The van der Waals surface area contributed by atoms with Crippen LogP contribution < -0.4 is 0 Å². The molecule has 0 aromatic rings. The van der Waals surface area contributed by atoms with E-state index in [0.29, 0.717) is 0 Å². The van der Waals surface area contributed by atoms with Crippen molar-refractivity contribution in [3.63, 3.8) is 0 Å². The largest absolute Gasteiger partial charge is 0.391 e. The van der Waals surface area contributed by atoms with Gasteiger partial charge in [0.25, 0.3) is 0 Å². The first kappa shape index (κ1) is 9.81. The van der Waals surface area contributed by atoms with Crippen LogP contribution >= 0.6 is 11.6 Å². The molecule has 0 aliphatic carbocycles. The summed E-state index contributed by atoms with van der Waals surface area (Å²) < 4.78 is 0. The Kier molecular flexibility index (Phi) is 3.35. The number of hydrogen-bond donors (Lipinski definition) is 1. The molecule has 1 fully saturated rings. The molecular weight excluding hydrogens is 178 g/mol. The first-order chi connectivity index (χ1) is 5.66. The van der Waals surface area contributed by atoms with Crippen LogP contribution in [0, 0.1) is 0 Å². The van der Waals surface area contributed by atoms with Gasteiger partial charge in [-0.2, -0.15) is 0 Å². The molecule has 1 aliphatic heterocycles. The van der Waals surface area contributed by atoms with Gasteiger partial charge in [0.15, 0.2) is 0 Å². The maximum absolute atomic E-state index is 11.2. The lowest BCUT2D eigenvalue weighted by Gasteiger charge is -2.25. The number of rotatable bonds is 2. The molecule has 0 bridgehead atoms. The molecule has 0 unspecified atom stereocenters. The molecule has 0 aromatic carbocycles. The summed E-state index contributed by atoms with van der Waals surface area (Å²) in [5.41, 5.74) is 0. The third kappa shape index (κ3) is 1.90. The monoisotopic (exact) mass is 191 g/mol. The number of hydrogen-bond acceptors (Lipinski definition) is 2. The second-order valence-corrected chi connectivity index (χ2v) is 3.44. The Hall–Kier alpha value is -0.280. The number of nitrogens with zero attached hydrogens (tertiary/aromatic N) is 1. The van der Waals surface area contributed by atoms with Crippen LogP contribution in [0.25, 0.3) is 0 Å². The van der Waals surface area contributed by atoms with Crippen molar-refractivity contribution in [2.75, 3.05) is 12.4 Å². The average Bonchev–Trinajstić information content (AvgIpc) is 2.50.